The predicted molar refractivity (Wildman–Crippen MR) is 64.6 cm³/mol. The van der Waals surface area contributed by atoms with Gasteiger partial charge in [0.25, 0.3) is 0 Å². The first-order chi connectivity index (χ1) is 8.79. The van der Waals surface area contributed by atoms with Gasteiger partial charge in [-0.1, -0.05) is 0 Å². The van der Waals surface area contributed by atoms with Gasteiger partial charge >= 0.3 is 5.97 Å². The summed E-state index contributed by atoms with van der Waals surface area (Å²) >= 11 is 0. The van der Waals surface area contributed by atoms with Crippen molar-refractivity contribution in [3.05, 3.63) is 29.1 Å². The fraction of sp³-hybridized carbons (Fsp3) is 0.538. The highest BCUT2D eigenvalue weighted by Crippen LogP contribution is 2.10. The maximum Gasteiger partial charge on any atom is 0.337 e. The molecule has 0 atom stereocenters. The Hall–Kier alpha value is -1.46. The Balaban J connectivity index is 2.23. The van der Waals surface area contributed by atoms with Crippen LogP contribution in [-0.2, 0) is 27.1 Å². The second kappa shape index (κ2) is 6.47. The molecule has 0 spiro atoms. The standard InChI is InChI=1S/C13H17NO4/c1-16-13(15)10-8-11-2-4-17-6-7-18-5-3-12(9-10)14-11/h8-9H,2-7H2,1H3. The van der Waals surface area contributed by atoms with Crippen LogP contribution in [0.1, 0.15) is 21.7 Å². The Bertz CT molecular complexity index is 391. The molecule has 1 aliphatic heterocycles. The van der Waals surface area contributed by atoms with Crippen molar-refractivity contribution in [3.8, 4) is 0 Å². The fourth-order valence-corrected chi connectivity index (χ4v) is 1.82. The summed E-state index contributed by atoms with van der Waals surface area (Å²) in [6.45, 7) is 2.36. The zero-order valence-corrected chi connectivity index (χ0v) is 10.5. The quantitative estimate of drug-likeness (QED) is 0.697. The molecule has 0 saturated carbocycles. The summed E-state index contributed by atoms with van der Waals surface area (Å²) in [5.74, 6) is -0.336. The summed E-state index contributed by atoms with van der Waals surface area (Å²) in [7, 11) is 1.38. The van der Waals surface area contributed by atoms with Gasteiger partial charge in [0.15, 0.2) is 0 Å². The van der Waals surface area contributed by atoms with E-state index in [0.717, 1.165) is 11.4 Å². The molecular formula is C13H17NO4. The molecule has 0 fully saturated rings. The van der Waals surface area contributed by atoms with E-state index in [1.165, 1.54) is 7.11 Å². The van der Waals surface area contributed by atoms with Gasteiger partial charge in [-0.2, -0.15) is 0 Å². The number of esters is 1. The third-order valence-electron chi connectivity index (χ3n) is 2.73. The smallest absolute Gasteiger partial charge is 0.337 e. The van der Waals surface area contributed by atoms with Gasteiger partial charge in [0.05, 0.1) is 39.1 Å². The van der Waals surface area contributed by atoms with E-state index in [-0.39, 0.29) is 5.97 Å². The van der Waals surface area contributed by atoms with E-state index < -0.39 is 0 Å². The van der Waals surface area contributed by atoms with Crippen molar-refractivity contribution in [1.82, 2.24) is 4.98 Å². The highest BCUT2D eigenvalue weighted by Gasteiger charge is 2.11. The Morgan fingerprint density at radius 2 is 1.67 bits per heavy atom. The highest BCUT2D eigenvalue weighted by atomic mass is 16.5. The normalized spacial score (nSPS) is 16.7. The van der Waals surface area contributed by atoms with E-state index in [4.69, 9.17) is 14.2 Å². The van der Waals surface area contributed by atoms with E-state index >= 15 is 0 Å². The molecule has 0 unspecified atom stereocenters. The van der Waals surface area contributed by atoms with Gasteiger partial charge in [0.1, 0.15) is 0 Å². The number of ether oxygens (including phenoxy) is 3. The molecule has 18 heavy (non-hydrogen) atoms. The van der Waals surface area contributed by atoms with Crippen molar-refractivity contribution in [2.75, 3.05) is 33.5 Å². The minimum Gasteiger partial charge on any atom is -0.465 e. The zero-order valence-electron chi connectivity index (χ0n) is 10.5. The van der Waals surface area contributed by atoms with Gasteiger partial charge in [-0.25, -0.2) is 4.79 Å². The molecule has 1 aromatic heterocycles. The highest BCUT2D eigenvalue weighted by molar-refractivity contribution is 5.89. The van der Waals surface area contributed by atoms with Gasteiger partial charge in [0.2, 0.25) is 0 Å². The van der Waals surface area contributed by atoms with Crippen molar-refractivity contribution >= 4 is 5.97 Å². The lowest BCUT2D eigenvalue weighted by molar-refractivity contribution is 0.0507. The van der Waals surface area contributed by atoms with Crippen molar-refractivity contribution in [1.29, 1.82) is 0 Å². The summed E-state index contributed by atoms with van der Waals surface area (Å²) in [5.41, 5.74) is 2.25. The van der Waals surface area contributed by atoms with Crippen LogP contribution in [0, 0.1) is 0 Å². The van der Waals surface area contributed by atoms with E-state index in [2.05, 4.69) is 4.98 Å². The van der Waals surface area contributed by atoms with Gasteiger partial charge in [0, 0.05) is 24.2 Å². The first-order valence-electron chi connectivity index (χ1n) is 6.03. The molecule has 0 aromatic carbocycles. The third kappa shape index (κ3) is 3.51. The van der Waals surface area contributed by atoms with E-state index in [1.807, 2.05) is 0 Å². The van der Waals surface area contributed by atoms with Gasteiger partial charge in [-0.3, -0.25) is 4.98 Å². The van der Waals surface area contributed by atoms with Crippen LogP contribution in [0.5, 0.6) is 0 Å². The maximum absolute atomic E-state index is 11.6. The van der Waals surface area contributed by atoms with Gasteiger partial charge in [-0.15, -0.1) is 0 Å². The SMILES string of the molecule is COC(=O)c1cc2nc(c1)CCOCCOCC2. The van der Waals surface area contributed by atoms with Crippen LogP contribution in [0.4, 0.5) is 0 Å². The van der Waals surface area contributed by atoms with Gasteiger partial charge < -0.3 is 14.2 Å². The van der Waals surface area contributed by atoms with Crippen LogP contribution < -0.4 is 0 Å². The molecule has 5 heteroatoms. The number of hydrogen-bond donors (Lipinski definition) is 0. The van der Waals surface area contributed by atoms with Crippen LogP contribution in [0.15, 0.2) is 12.1 Å². The maximum atomic E-state index is 11.6. The van der Waals surface area contributed by atoms with Crippen LogP contribution in [0.3, 0.4) is 0 Å². The number of carbonyl (C=O) groups is 1. The molecule has 2 rings (SSSR count). The van der Waals surface area contributed by atoms with Gasteiger partial charge in [-0.05, 0) is 12.1 Å². The van der Waals surface area contributed by atoms with E-state index in [0.29, 0.717) is 44.8 Å². The number of hydrogen-bond acceptors (Lipinski definition) is 5. The molecule has 1 aromatic rings. The lowest BCUT2D eigenvalue weighted by Gasteiger charge is -2.07. The second-order valence-corrected chi connectivity index (χ2v) is 4.05. The average molecular weight is 251 g/mol. The van der Waals surface area contributed by atoms with Crippen molar-refractivity contribution < 1.29 is 19.0 Å². The molecule has 2 bridgehead atoms. The average Bonchev–Trinajstić information content (AvgIpc) is 2.43. The van der Waals surface area contributed by atoms with Crippen LogP contribution in [0.25, 0.3) is 0 Å². The minimum absolute atomic E-state index is 0.336. The number of nitrogens with zero attached hydrogens (tertiary/aromatic N) is 1. The molecule has 0 aliphatic carbocycles. The zero-order chi connectivity index (χ0) is 12.8. The molecule has 5 nitrogen and oxygen atoms in total. The second-order valence-electron chi connectivity index (χ2n) is 4.05. The summed E-state index contributed by atoms with van der Waals surface area (Å²) in [6.07, 6.45) is 1.38. The molecule has 1 aliphatic rings. The summed E-state index contributed by atoms with van der Waals surface area (Å²) in [4.78, 5) is 16.1. The van der Waals surface area contributed by atoms with Crippen LogP contribution in [-0.4, -0.2) is 44.5 Å². The largest absolute Gasteiger partial charge is 0.465 e. The molecule has 0 saturated heterocycles. The van der Waals surface area contributed by atoms with E-state index in [9.17, 15) is 4.79 Å². The number of carbonyl (C=O) groups excluding carboxylic acids is 1. The molecule has 0 N–H and O–H groups in total. The first kappa shape index (κ1) is 13.0. The number of pyridine rings is 1. The van der Waals surface area contributed by atoms with Crippen molar-refractivity contribution in [2.45, 2.75) is 12.8 Å². The summed E-state index contributed by atoms with van der Waals surface area (Å²) in [6, 6.07) is 3.52. The molecule has 2 heterocycles. The molecular weight excluding hydrogens is 234 g/mol. The summed E-state index contributed by atoms with van der Waals surface area (Å²) in [5, 5.41) is 0. The number of rotatable bonds is 1. The Morgan fingerprint density at radius 3 is 2.17 bits per heavy atom. The first-order valence-corrected chi connectivity index (χ1v) is 6.03. The van der Waals surface area contributed by atoms with Crippen molar-refractivity contribution in [2.24, 2.45) is 0 Å². The number of fused-ring (bicyclic) bond motifs is 2. The Labute approximate surface area is 106 Å². The fourth-order valence-electron chi connectivity index (χ4n) is 1.82. The monoisotopic (exact) mass is 251 g/mol. The Morgan fingerprint density at radius 1 is 1.11 bits per heavy atom. The van der Waals surface area contributed by atoms with E-state index in [1.54, 1.807) is 12.1 Å². The molecule has 0 amide bonds. The van der Waals surface area contributed by atoms with Crippen LogP contribution >= 0.6 is 0 Å². The third-order valence-corrected chi connectivity index (χ3v) is 2.73. The lowest BCUT2D eigenvalue weighted by Crippen LogP contribution is -2.08. The van der Waals surface area contributed by atoms with Crippen molar-refractivity contribution in [3.63, 3.8) is 0 Å². The topological polar surface area (TPSA) is 57.7 Å². The number of aromatic nitrogens is 1. The van der Waals surface area contributed by atoms with Crippen LogP contribution in [0.2, 0.25) is 0 Å². The molecule has 0 radical (unpaired) electrons. The minimum atomic E-state index is -0.336. The predicted octanol–water partition coefficient (Wildman–Crippen LogP) is 1.000. The lowest BCUT2D eigenvalue weighted by atomic mass is 10.1. The summed E-state index contributed by atoms with van der Waals surface area (Å²) < 4.78 is 15.6. The molecule has 98 valence electrons. The Kier molecular flexibility index (Phi) is 4.66. The number of methoxy groups -OCH3 is 1.